The molecule has 1 heterocycles. The summed E-state index contributed by atoms with van der Waals surface area (Å²) in [6.07, 6.45) is 3.42. The summed E-state index contributed by atoms with van der Waals surface area (Å²) in [5, 5.41) is 3.33. The monoisotopic (exact) mass is 397 g/mol. The van der Waals surface area contributed by atoms with E-state index < -0.39 is 0 Å². The Balaban J connectivity index is 1.83. The minimum Gasteiger partial charge on any atom is -0.496 e. The minimum absolute atomic E-state index is 0.0332. The number of esters is 1. The average Bonchev–Trinajstić information content (AvgIpc) is 2.65. The predicted molar refractivity (Wildman–Crippen MR) is 105 cm³/mol. The normalized spacial score (nSPS) is 15.4. The van der Waals surface area contributed by atoms with Crippen LogP contribution >= 0.6 is 11.6 Å². The Hall–Kier alpha value is -1.99. The Labute approximate surface area is 165 Å². The third kappa shape index (κ3) is 6.29. The zero-order valence-electron chi connectivity index (χ0n) is 15.9. The first-order valence-electron chi connectivity index (χ1n) is 9.26. The van der Waals surface area contributed by atoms with Crippen molar-refractivity contribution in [3.05, 3.63) is 22.7 Å². The van der Waals surface area contributed by atoms with Gasteiger partial charge in [0.15, 0.2) is 0 Å². The van der Waals surface area contributed by atoms with E-state index in [0.717, 1.165) is 38.8 Å². The zero-order valence-corrected chi connectivity index (χ0v) is 16.7. The fraction of sp³-hybridized carbons (Fsp3) is 0.579. The molecule has 1 saturated heterocycles. The lowest BCUT2D eigenvalue weighted by Gasteiger charge is -2.31. The highest BCUT2D eigenvalue weighted by Gasteiger charge is 2.24. The molecule has 0 radical (unpaired) electrons. The fourth-order valence-electron chi connectivity index (χ4n) is 2.97. The fourth-order valence-corrected chi connectivity index (χ4v) is 3.14. The number of amides is 1. The van der Waals surface area contributed by atoms with Crippen LogP contribution in [0.4, 0.5) is 5.69 Å². The summed E-state index contributed by atoms with van der Waals surface area (Å²) in [6.45, 7) is 4.29. The Kier molecular flexibility index (Phi) is 8.19. The molecule has 0 atom stereocenters. The Morgan fingerprint density at radius 2 is 2.04 bits per heavy atom. The summed E-state index contributed by atoms with van der Waals surface area (Å²) in [4.78, 5) is 26.4. The van der Waals surface area contributed by atoms with Gasteiger partial charge in [0.1, 0.15) is 5.75 Å². The number of hydrogen-bond donors (Lipinski definition) is 2. The van der Waals surface area contributed by atoms with Crippen molar-refractivity contribution in [2.45, 2.75) is 38.6 Å². The molecule has 0 saturated carbocycles. The molecule has 1 aromatic rings. The second-order valence-corrected chi connectivity index (χ2v) is 7.08. The summed E-state index contributed by atoms with van der Waals surface area (Å²) in [5.41, 5.74) is 6.48. The van der Waals surface area contributed by atoms with E-state index in [1.54, 1.807) is 6.07 Å². The number of carbonyl (C=O) groups is 2. The van der Waals surface area contributed by atoms with Gasteiger partial charge in [-0.2, -0.15) is 0 Å². The zero-order chi connectivity index (χ0) is 19.8. The van der Waals surface area contributed by atoms with Crippen LogP contribution in [-0.2, 0) is 9.53 Å². The van der Waals surface area contributed by atoms with Gasteiger partial charge < -0.3 is 20.5 Å². The highest BCUT2D eigenvalue weighted by Crippen LogP contribution is 2.29. The van der Waals surface area contributed by atoms with Crippen LogP contribution in [0.15, 0.2) is 12.1 Å². The van der Waals surface area contributed by atoms with Gasteiger partial charge in [-0.25, -0.2) is 0 Å². The molecule has 1 aromatic carbocycles. The van der Waals surface area contributed by atoms with Crippen LogP contribution in [0.25, 0.3) is 0 Å². The number of likely N-dealkylation sites (tertiary alicyclic amines) is 1. The van der Waals surface area contributed by atoms with Crippen molar-refractivity contribution in [3.63, 3.8) is 0 Å². The summed E-state index contributed by atoms with van der Waals surface area (Å²) < 4.78 is 10.4. The van der Waals surface area contributed by atoms with E-state index in [2.05, 4.69) is 17.1 Å². The lowest BCUT2D eigenvalue weighted by Crippen LogP contribution is -2.46. The van der Waals surface area contributed by atoms with Gasteiger partial charge in [0, 0.05) is 25.2 Å². The van der Waals surface area contributed by atoms with E-state index in [-0.39, 0.29) is 17.9 Å². The molecule has 1 fully saturated rings. The number of methoxy groups -OCH3 is 1. The van der Waals surface area contributed by atoms with Gasteiger partial charge in [-0.05, 0) is 25.3 Å². The van der Waals surface area contributed by atoms with E-state index in [4.69, 9.17) is 26.8 Å². The van der Waals surface area contributed by atoms with E-state index >= 15 is 0 Å². The maximum absolute atomic E-state index is 12.6. The van der Waals surface area contributed by atoms with Gasteiger partial charge in [-0.15, -0.1) is 0 Å². The minimum atomic E-state index is -0.244. The summed E-state index contributed by atoms with van der Waals surface area (Å²) in [5.74, 6) is -0.0416. The number of nitrogen functional groups attached to an aromatic ring is 1. The third-order valence-electron chi connectivity index (χ3n) is 4.60. The Morgan fingerprint density at radius 1 is 1.33 bits per heavy atom. The van der Waals surface area contributed by atoms with Crippen LogP contribution in [0.5, 0.6) is 5.75 Å². The quantitative estimate of drug-likeness (QED) is 0.397. The van der Waals surface area contributed by atoms with Crippen molar-refractivity contribution in [1.29, 1.82) is 0 Å². The SMILES string of the molecule is CCCCOC(=O)CN1CCC(NC(=O)c2cc(Cl)c(N)cc2OC)CC1. The molecular weight excluding hydrogens is 370 g/mol. The number of nitrogens with zero attached hydrogens (tertiary/aromatic N) is 1. The maximum atomic E-state index is 12.6. The largest absolute Gasteiger partial charge is 0.496 e. The summed E-state index contributed by atoms with van der Waals surface area (Å²) in [7, 11) is 1.48. The molecule has 1 aliphatic heterocycles. The number of piperidine rings is 1. The topological polar surface area (TPSA) is 93.9 Å². The van der Waals surface area contributed by atoms with E-state index in [1.807, 2.05) is 0 Å². The number of nitrogens with two attached hydrogens (primary N) is 1. The molecule has 0 aliphatic carbocycles. The molecule has 1 aliphatic rings. The van der Waals surface area contributed by atoms with Crippen LogP contribution < -0.4 is 15.8 Å². The summed E-state index contributed by atoms with van der Waals surface area (Å²) in [6, 6.07) is 3.10. The van der Waals surface area contributed by atoms with E-state index in [0.29, 0.717) is 35.2 Å². The standard InChI is InChI=1S/C19H28ClN3O4/c1-3-4-9-27-18(24)12-23-7-5-13(6-8-23)22-19(25)14-10-15(20)16(21)11-17(14)26-2/h10-11,13H,3-9,12,21H2,1-2H3,(H,22,25). The molecular formula is C19H28ClN3O4. The third-order valence-corrected chi connectivity index (χ3v) is 4.93. The predicted octanol–water partition coefficient (Wildman–Crippen LogP) is 2.47. The first-order chi connectivity index (χ1) is 12.9. The van der Waals surface area contributed by atoms with Crippen molar-refractivity contribution in [2.24, 2.45) is 0 Å². The van der Waals surface area contributed by atoms with Gasteiger partial charge in [0.2, 0.25) is 0 Å². The van der Waals surface area contributed by atoms with Crippen molar-refractivity contribution in [1.82, 2.24) is 10.2 Å². The molecule has 7 nitrogen and oxygen atoms in total. The van der Waals surface area contributed by atoms with Gasteiger partial charge in [-0.3, -0.25) is 14.5 Å². The number of anilines is 1. The number of unbranched alkanes of at least 4 members (excludes halogenated alkanes) is 1. The summed E-state index contributed by atoms with van der Waals surface area (Å²) >= 11 is 6.03. The van der Waals surface area contributed by atoms with Gasteiger partial charge >= 0.3 is 5.97 Å². The number of hydrogen-bond acceptors (Lipinski definition) is 6. The molecule has 0 unspecified atom stereocenters. The van der Waals surface area contributed by atoms with Gasteiger partial charge in [0.05, 0.1) is 36.5 Å². The molecule has 8 heteroatoms. The Morgan fingerprint density at radius 3 is 2.67 bits per heavy atom. The van der Waals surface area contributed by atoms with Crippen LogP contribution in [0, 0.1) is 0 Å². The van der Waals surface area contributed by atoms with E-state index in [9.17, 15) is 9.59 Å². The average molecular weight is 398 g/mol. The second-order valence-electron chi connectivity index (χ2n) is 6.67. The first-order valence-corrected chi connectivity index (χ1v) is 9.64. The number of nitrogens with one attached hydrogen (secondary N) is 1. The Bertz CT molecular complexity index is 661. The maximum Gasteiger partial charge on any atom is 0.320 e. The highest BCUT2D eigenvalue weighted by molar-refractivity contribution is 6.33. The molecule has 0 bridgehead atoms. The smallest absolute Gasteiger partial charge is 0.320 e. The number of carbonyl (C=O) groups excluding carboxylic acids is 2. The van der Waals surface area contributed by atoms with Crippen molar-refractivity contribution >= 4 is 29.2 Å². The van der Waals surface area contributed by atoms with Crippen molar-refractivity contribution < 1.29 is 19.1 Å². The highest BCUT2D eigenvalue weighted by atomic mass is 35.5. The molecule has 27 heavy (non-hydrogen) atoms. The molecule has 3 N–H and O–H groups in total. The van der Waals surface area contributed by atoms with Gasteiger partial charge in [-0.1, -0.05) is 24.9 Å². The van der Waals surface area contributed by atoms with Crippen LogP contribution in [0.3, 0.4) is 0 Å². The van der Waals surface area contributed by atoms with Crippen LogP contribution in [0.2, 0.25) is 5.02 Å². The first kappa shape index (κ1) is 21.3. The van der Waals surface area contributed by atoms with Crippen LogP contribution in [-0.4, -0.2) is 56.2 Å². The van der Waals surface area contributed by atoms with Crippen molar-refractivity contribution in [3.8, 4) is 5.75 Å². The number of halogens is 1. The van der Waals surface area contributed by atoms with Crippen LogP contribution in [0.1, 0.15) is 43.0 Å². The second kappa shape index (κ2) is 10.4. The lowest BCUT2D eigenvalue weighted by atomic mass is 10.0. The number of benzene rings is 1. The molecule has 0 aromatic heterocycles. The molecule has 0 spiro atoms. The molecule has 150 valence electrons. The van der Waals surface area contributed by atoms with E-state index in [1.165, 1.54) is 13.2 Å². The molecule has 2 rings (SSSR count). The molecule has 1 amide bonds. The van der Waals surface area contributed by atoms with Gasteiger partial charge in [0.25, 0.3) is 5.91 Å². The van der Waals surface area contributed by atoms with Crippen molar-refractivity contribution in [2.75, 3.05) is 39.1 Å². The number of ether oxygens (including phenoxy) is 2. The number of rotatable bonds is 8. The lowest BCUT2D eigenvalue weighted by molar-refractivity contribution is -0.145.